The van der Waals surface area contributed by atoms with Crippen molar-refractivity contribution in [3.63, 3.8) is 0 Å². The normalized spacial score (nSPS) is 11.2. The second kappa shape index (κ2) is 6.97. The minimum Gasteiger partial charge on any atom is -0.358 e. The first-order valence-electron chi connectivity index (χ1n) is 6.82. The van der Waals surface area contributed by atoms with Crippen LogP contribution < -0.4 is 0 Å². The van der Waals surface area contributed by atoms with Gasteiger partial charge in [-0.05, 0) is 11.0 Å². The molecule has 3 aromatic rings. The molecule has 10 heteroatoms. The number of halogens is 1. The van der Waals surface area contributed by atoms with Gasteiger partial charge in [0, 0.05) is 23.2 Å². The summed E-state index contributed by atoms with van der Waals surface area (Å²) in [5, 5.41) is 20.2. The van der Waals surface area contributed by atoms with E-state index in [1.54, 1.807) is 13.1 Å². The number of aliphatic imine (C=N–C) groups is 1. The Morgan fingerprint density at radius 1 is 1.42 bits per heavy atom. The third-order valence-corrected chi connectivity index (χ3v) is 4.73. The van der Waals surface area contributed by atoms with E-state index in [1.165, 1.54) is 22.1 Å². The molecule has 1 aromatic carbocycles. The Labute approximate surface area is 149 Å². The van der Waals surface area contributed by atoms with Crippen LogP contribution in [0.1, 0.15) is 16.4 Å². The molecule has 0 saturated carbocycles. The fourth-order valence-electron chi connectivity index (χ4n) is 2.00. The number of nitro groups is 1. The van der Waals surface area contributed by atoms with Crippen LogP contribution in [0.2, 0.25) is 0 Å². The molecule has 0 N–H and O–H groups in total. The molecule has 0 fully saturated rings. The fraction of sp³-hybridized carbons (Fsp3) is 0.143. The number of aryl methyl sites for hydroxylation is 1. The highest BCUT2D eigenvalue weighted by Crippen LogP contribution is 2.23. The van der Waals surface area contributed by atoms with Crippen LogP contribution in [0, 0.1) is 17.0 Å². The molecule has 2 aromatic heterocycles. The third kappa shape index (κ3) is 3.54. The predicted octanol–water partition coefficient (Wildman–Crippen LogP) is 3.51. The van der Waals surface area contributed by atoms with Gasteiger partial charge in [0.1, 0.15) is 12.7 Å². The van der Waals surface area contributed by atoms with Crippen molar-refractivity contribution >= 4 is 44.4 Å². The van der Waals surface area contributed by atoms with Crippen molar-refractivity contribution in [3.8, 4) is 0 Å². The Morgan fingerprint density at radius 2 is 2.21 bits per heavy atom. The zero-order chi connectivity index (χ0) is 17.1. The molecule has 0 bridgehead atoms. The zero-order valence-electron chi connectivity index (χ0n) is 12.5. The van der Waals surface area contributed by atoms with Crippen molar-refractivity contribution in [2.24, 2.45) is 4.99 Å². The third-order valence-electron chi connectivity index (χ3n) is 3.19. The maximum Gasteiger partial charge on any atom is 0.343 e. The highest BCUT2D eigenvalue weighted by molar-refractivity contribution is 9.10. The van der Waals surface area contributed by atoms with E-state index in [1.807, 2.05) is 24.3 Å². The van der Waals surface area contributed by atoms with E-state index < -0.39 is 4.92 Å². The van der Waals surface area contributed by atoms with Gasteiger partial charge in [0.05, 0.1) is 0 Å². The number of hydrogen-bond donors (Lipinski definition) is 0. The van der Waals surface area contributed by atoms with Gasteiger partial charge in [0.15, 0.2) is 10.8 Å². The summed E-state index contributed by atoms with van der Waals surface area (Å²) in [4.78, 5) is 18.8. The van der Waals surface area contributed by atoms with Crippen LogP contribution in [0.5, 0.6) is 0 Å². The van der Waals surface area contributed by atoms with Crippen LogP contribution in [-0.4, -0.2) is 30.9 Å². The lowest BCUT2D eigenvalue weighted by atomic mass is 10.2. The van der Waals surface area contributed by atoms with Crippen LogP contribution in [0.15, 0.2) is 39.9 Å². The van der Waals surface area contributed by atoms with Gasteiger partial charge in [-0.2, -0.15) is 0 Å². The smallest absolute Gasteiger partial charge is 0.343 e. The van der Waals surface area contributed by atoms with E-state index >= 15 is 0 Å². The minimum absolute atomic E-state index is 0.0685. The minimum atomic E-state index is -0.465. The molecule has 8 nitrogen and oxygen atoms in total. The fourth-order valence-corrected chi connectivity index (χ4v) is 3.06. The Hall–Kier alpha value is -2.46. The molecular formula is C14H11BrN6O2S. The predicted molar refractivity (Wildman–Crippen MR) is 94.0 cm³/mol. The van der Waals surface area contributed by atoms with Crippen molar-refractivity contribution < 1.29 is 4.92 Å². The average molecular weight is 407 g/mol. The van der Waals surface area contributed by atoms with Gasteiger partial charge in [-0.15, -0.1) is 10.2 Å². The van der Waals surface area contributed by atoms with Gasteiger partial charge in [0.2, 0.25) is 5.13 Å². The van der Waals surface area contributed by atoms with E-state index in [2.05, 4.69) is 36.1 Å². The van der Waals surface area contributed by atoms with Crippen molar-refractivity contribution in [2.45, 2.75) is 13.5 Å². The number of rotatable bonds is 5. The van der Waals surface area contributed by atoms with Gasteiger partial charge in [0.25, 0.3) is 0 Å². The Balaban J connectivity index is 1.78. The lowest BCUT2D eigenvalue weighted by molar-refractivity contribution is -0.392. The van der Waals surface area contributed by atoms with E-state index in [0.29, 0.717) is 16.0 Å². The average Bonchev–Trinajstić information content (AvgIpc) is 3.14. The second-order valence-corrected chi connectivity index (χ2v) is 6.66. The van der Waals surface area contributed by atoms with Gasteiger partial charge >= 0.3 is 5.82 Å². The summed E-state index contributed by atoms with van der Waals surface area (Å²) < 4.78 is 2.42. The molecule has 3 rings (SSSR count). The van der Waals surface area contributed by atoms with Crippen LogP contribution in [0.3, 0.4) is 0 Å². The summed E-state index contributed by atoms with van der Waals surface area (Å²) in [5.41, 5.74) is 0.926. The first-order valence-corrected chi connectivity index (χ1v) is 8.43. The number of aromatic nitrogens is 4. The van der Waals surface area contributed by atoms with E-state index in [4.69, 9.17) is 0 Å². The molecular weight excluding hydrogens is 396 g/mol. The molecule has 24 heavy (non-hydrogen) atoms. The summed E-state index contributed by atoms with van der Waals surface area (Å²) in [7, 11) is 0. The van der Waals surface area contributed by atoms with E-state index in [0.717, 1.165) is 10.0 Å². The molecule has 0 aliphatic carbocycles. The Bertz CT molecular complexity index is 920. The zero-order valence-corrected chi connectivity index (χ0v) is 14.9. The van der Waals surface area contributed by atoms with Crippen molar-refractivity contribution in [2.75, 3.05) is 0 Å². The largest absolute Gasteiger partial charge is 0.358 e. The number of imidazole rings is 1. The van der Waals surface area contributed by atoms with E-state index in [-0.39, 0.29) is 12.4 Å². The van der Waals surface area contributed by atoms with Gasteiger partial charge in [-0.1, -0.05) is 45.5 Å². The lowest BCUT2D eigenvalue weighted by Crippen LogP contribution is -2.05. The highest BCUT2D eigenvalue weighted by atomic mass is 79.9. The summed E-state index contributed by atoms with van der Waals surface area (Å²) >= 11 is 4.72. The molecule has 0 spiro atoms. The molecule has 0 radical (unpaired) electrons. The van der Waals surface area contributed by atoms with Crippen molar-refractivity contribution in [1.29, 1.82) is 0 Å². The van der Waals surface area contributed by atoms with Crippen molar-refractivity contribution in [3.05, 3.63) is 61.4 Å². The molecule has 0 unspecified atom stereocenters. The maximum atomic E-state index is 11.0. The lowest BCUT2D eigenvalue weighted by Gasteiger charge is -1.99. The Morgan fingerprint density at radius 3 is 2.96 bits per heavy atom. The maximum absolute atomic E-state index is 11.0. The first kappa shape index (κ1) is 16.4. The molecule has 0 amide bonds. The summed E-state index contributed by atoms with van der Waals surface area (Å²) in [6.45, 7) is 1.95. The topological polar surface area (TPSA) is 99.1 Å². The molecule has 0 atom stereocenters. The second-order valence-electron chi connectivity index (χ2n) is 4.76. The number of benzene rings is 1. The number of nitrogens with zero attached hydrogens (tertiary/aromatic N) is 6. The van der Waals surface area contributed by atoms with Crippen LogP contribution in [0.25, 0.3) is 0 Å². The number of hydrogen-bond acceptors (Lipinski definition) is 7. The van der Waals surface area contributed by atoms with Gasteiger partial charge in [-0.3, -0.25) is 0 Å². The van der Waals surface area contributed by atoms with Crippen molar-refractivity contribution in [1.82, 2.24) is 19.7 Å². The first-order chi connectivity index (χ1) is 11.5. The summed E-state index contributed by atoms with van der Waals surface area (Å²) in [6.07, 6.45) is 2.93. The molecule has 2 heterocycles. The molecule has 0 aliphatic heterocycles. The Kier molecular flexibility index (Phi) is 4.76. The van der Waals surface area contributed by atoms with E-state index in [9.17, 15) is 10.1 Å². The standard InChI is InChI=1S/C14H11BrN6O2S/c1-9-16-7-13(21(22)23)20(9)8-12-18-19-14(24-12)17-6-10-4-2-3-5-11(10)15/h2-7H,8H2,1H3. The van der Waals surface area contributed by atoms with Crippen LogP contribution in [0.4, 0.5) is 10.9 Å². The van der Waals surface area contributed by atoms with Gasteiger partial charge < -0.3 is 10.1 Å². The quantitative estimate of drug-likeness (QED) is 0.366. The molecule has 0 aliphatic rings. The molecule has 0 saturated heterocycles. The monoisotopic (exact) mass is 406 g/mol. The summed E-state index contributed by atoms with van der Waals surface area (Å²) in [5.74, 6) is 0.483. The van der Waals surface area contributed by atoms with Crippen LogP contribution in [-0.2, 0) is 6.54 Å². The molecule has 122 valence electrons. The van der Waals surface area contributed by atoms with Gasteiger partial charge in [-0.25, -0.2) is 14.5 Å². The summed E-state index contributed by atoms with van der Waals surface area (Å²) in [6, 6.07) is 7.69. The highest BCUT2D eigenvalue weighted by Gasteiger charge is 2.19. The van der Waals surface area contributed by atoms with Crippen LogP contribution >= 0.6 is 27.3 Å². The SMILES string of the molecule is Cc1ncc([N+](=O)[O-])n1Cc1nnc(N=Cc2ccccc2Br)s1.